The topological polar surface area (TPSA) is 72.3 Å². The van der Waals surface area contributed by atoms with Crippen LogP contribution < -0.4 is 0 Å². The SMILES string of the molecule is COC(=O)c1ncccc1C1CC1.OCc1ncccc1C1CC1. The minimum Gasteiger partial charge on any atom is -0.464 e. The van der Waals surface area contributed by atoms with Crippen molar-refractivity contribution >= 4 is 5.97 Å². The number of carbonyl (C=O) groups is 1. The third-order valence-corrected chi connectivity index (χ3v) is 4.33. The van der Waals surface area contributed by atoms with Crippen molar-refractivity contribution in [1.29, 1.82) is 0 Å². The summed E-state index contributed by atoms with van der Waals surface area (Å²) in [5.41, 5.74) is 3.62. The first-order chi connectivity index (χ1) is 11.7. The summed E-state index contributed by atoms with van der Waals surface area (Å²) in [5, 5.41) is 8.93. The molecule has 0 bridgehead atoms. The van der Waals surface area contributed by atoms with Gasteiger partial charge in [-0.1, -0.05) is 12.1 Å². The Hall–Kier alpha value is -2.27. The lowest BCUT2D eigenvalue weighted by Gasteiger charge is -2.03. The van der Waals surface area contributed by atoms with E-state index < -0.39 is 0 Å². The zero-order valence-corrected chi connectivity index (χ0v) is 13.8. The highest BCUT2D eigenvalue weighted by Gasteiger charge is 2.28. The average Bonchev–Trinajstić information content (AvgIpc) is 3.53. The zero-order valence-electron chi connectivity index (χ0n) is 13.8. The largest absolute Gasteiger partial charge is 0.464 e. The molecular formula is C19H22N2O3. The summed E-state index contributed by atoms with van der Waals surface area (Å²) >= 11 is 0. The molecule has 2 aliphatic rings. The molecule has 0 saturated heterocycles. The van der Waals surface area contributed by atoms with Crippen molar-refractivity contribution in [2.24, 2.45) is 0 Å². The van der Waals surface area contributed by atoms with Crippen LogP contribution in [-0.2, 0) is 11.3 Å². The first-order valence-electron chi connectivity index (χ1n) is 8.32. The fraction of sp³-hybridized carbons (Fsp3) is 0.421. The van der Waals surface area contributed by atoms with Crippen molar-refractivity contribution < 1.29 is 14.6 Å². The van der Waals surface area contributed by atoms with Gasteiger partial charge in [0, 0.05) is 12.4 Å². The van der Waals surface area contributed by atoms with E-state index in [4.69, 9.17) is 5.11 Å². The van der Waals surface area contributed by atoms with Gasteiger partial charge in [0.05, 0.1) is 19.4 Å². The molecule has 2 aliphatic carbocycles. The van der Waals surface area contributed by atoms with E-state index in [1.54, 1.807) is 12.4 Å². The Morgan fingerprint density at radius 2 is 1.67 bits per heavy atom. The molecule has 126 valence electrons. The van der Waals surface area contributed by atoms with Gasteiger partial charge in [0.15, 0.2) is 5.69 Å². The molecule has 0 amide bonds. The molecule has 1 N–H and O–H groups in total. The number of aliphatic hydroxyl groups excluding tert-OH is 1. The molecule has 2 aromatic rings. The Morgan fingerprint density at radius 1 is 1.08 bits per heavy atom. The highest BCUT2D eigenvalue weighted by molar-refractivity contribution is 5.89. The van der Waals surface area contributed by atoms with Crippen molar-refractivity contribution in [1.82, 2.24) is 9.97 Å². The van der Waals surface area contributed by atoms with Gasteiger partial charge in [0.25, 0.3) is 0 Å². The second-order valence-electron chi connectivity index (χ2n) is 6.18. The quantitative estimate of drug-likeness (QED) is 0.874. The fourth-order valence-electron chi connectivity index (χ4n) is 2.76. The van der Waals surface area contributed by atoms with E-state index in [0.29, 0.717) is 17.5 Å². The molecule has 5 nitrogen and oxygen atoms in total. The number of esters is 1. The lowest BCUT2D eigenvalue weighted by Crippen LogP contribution is -2.07. The standard InChI is InChI=1S/C10H11NO2.C9H11NO/c1-13-10(12)9-8(7-4-5-7)3-2-6-11-9;11-6-9-8(7-3-4-7)2-1-5-10-9/h2-3,6-7H,4-5H2,1H3;1-2,5,7,11H,3-4,6H2. The Bertz CT molecular complexity index is 709. The normalized spacial score (nSPS) is 16.1. The lowest BCUT2D eigenvalue weighted by atomic mass is 10.1. The second kappa shape index (κ2) is 7.53. The van der Waals surface area contributed by atoms with Crippen LogP contribution in [0.15, 0.2) is 36.7 Å². The van der Waals surface area contributed by atoms with Gasteiger partial charge in [-0.25, -0.2) is 9.78 Å². The molecule has 0 aliphatic heterocycles. The molecular weight excluding hydrogens is 304 g/mol. The summed E-state index contributed by atoms with van der Waals surface area (Å²) in [5.74, 6) is 0.885. The zero-order chi connectivity index (χ0) is 16.9. The Labute approximate surface area is 141 Å². The number of aromatic nitrogens is 2. The van der Waals surface area contributed by atoms with Crippen LogP contribution in [-0.4, -0.2) is 28.2 Å². The van der Waals surface area contributed by atoms with Crippen LogP contribution in [0.3, 0.4) is 0 Å². The maximum atomic E-state index is 11.3. The summed E-state index contributed by atoms with van der Waals surface area (Å²) < 4.78 is 4.65. The minimum atomic E-state index is -0.331. The maximum Gasteiger partial charge on any atom is 0.356 e. The Kier molecular flexibility index (Phi) is 5.20. The Balaban J connectivity index is 0.000000143. The highest BCUT2D eigenvalue weighted by atomic mass is 16.5. The monoisotopic (exact) mass is 326 g/mol. The van der Waals surface area contributed by atoms with E-state index >= 15 is 0 Å². The number of hydrogen-bond acceptors (Lipinski definition) is 5. The molecule has 0 atom stereocenters. The fourth-order valence-corrected chi connectivity index (χ4v) is 2.76. The summed E-state index contributed by atoms with van der Waals surface area (Å²) in [6.07, 6.45) is 8.21. The van der Waals surface area contributed by atoms with Crippen LogP contribution in [0.5, 0.6) is 0 Å². The molecule has 2 heterocycles. The molecule has 0 spiro atoms. The van der Waals surface area contributed by atoms with Gasteiger partial charge in [0.2, 0.25) is 0 Å². The summed E-state index contributed by atoms with van der Waals surface area (Å²) in [6.45, 7) is 0.0761. The third-order valence-electron chi connectivity index (χ3n) is 4.33. The van der Waals surface area contributed by atoms with Crippen LogP contribution in [0.1, 0.15) is 64.8 Å². The van der Waals surface area contributed by atoms with Crippen LogP contribution in [0.25, 0.3) is 0 Å². The number of methoxy groups -OCH3 is 1. The minimum absolute atomic E-state index is 0.0761. The molecule has 0 radical (unpaired) electrons. The smallest absolute Gasteiger partial charge is 0.356 e. The molecule has 2 aromatic heterocycles. The number of nitrogens with zero attached hydrogens (tertiary/aromatic N) is 2. The molecule has 0 aromatic carbocycles. The van der Waals surface area contributed by atoms with E-state index in [0.717, 1.165) is 24.1 Å². The van der Waals surface area contributed by atoms with E-state index in [2.05, 4.69) is 20.8 Å². The number of hydrogen-bond donors (Lipinski definition) is 1. The molecule has 2 fully saturated rings. The van der Waals surface area contributed by atoms with Gasteiger partial charge in [-0.2, -0.15) is 0 Å². The first kappa shape index (κ1) is 16.6. The molecule has 5 heteroatoms. The number of ether oxygens (including phenoxy) is 1. The molecule has 4 rings (SSSR count). The van der Waals surface area contributed by atoms with Crippen molar-refractivity contribution in [3.8, 4) is 0 Å². The van der Waals surface area contributed by atoms with Gasteiger partial charge in [-0.05, 0) is 60.8 Å². The van der Waals surface area contributed by atoms with Crippen molar-refractivity contribution in [2.75, 3.05) is 7.11 Å². The van der Waals surface area contributed by atoms with Gasteiger partial charge < -0.3 is 9.84 Å². The van der Waals surface area contributed by atoms with Crippen molar-refractivity contribution in [3.05, 3.63) is 59.2 Å². The van der Waals surface area contributed by atoms with E-state index in [-0.39, 0.29) is 12.6 Å². The number of aliphatic hydroxyl groups is 1. The second-order valence-corrected chi connectivity index (χ2v) is 6.18. The summed E-state index contributed by atoms with van der Waals surface area (Å²) in [7, 11) is 1.38. The van der Waals surface area contributed by atoms with Crippen LogP contribution in [0.4, 0.5) is 0 Å². The Morgan fingerprint density at radius 3 is 2.25 bits per heavy atom. The van der Waals surface area contributed by atoms with E-state index in [1.165, 1.54) is 25.5 Å². The summed E-state index contributed by atoms with van der Waals surface area (Å²) in [4.78, 5) is 19.4. The van der Waals surface area contributed by atoms with E-state index in [1.807, 2.05) is 18.2 Å². The van der Waals surface area contributed by atoms with Gasteiger partial charge >= 0.3 is 5.97 Å². The number of carbonyl (C=O) groups excluding carboxylic acids is 1. The average molecular weight is 326 g/mol. The van der Waals surface area contributed by atoms with E-state index in [9.17, 15) is 4.79 Å². The lowest BCUT2D eigenvalue weighted by molar-refractivity contribution is 0.0592. The predicted octanol–water partition coefficient (Wildman–Crippen LogP) is 3.20. The van der Waals surface area contributed by atoms with Crippen molar-refractivity contribution in [3.63, 3.8) is 0 Å². The molecule has 24 heavy (non-hydrogen) atoms. The van der Waals surface area contributed by atoms with Crippen LogP contribution in [0.2, 0.25) is 0 Å². The summed E-state index contributed by atoms with van der Waals surface area (Å²) in [6, 6.07) is 7.82. The molecule has 0 unspecified atom stereocenters. The first-order valence-corrected chi connectivity index (χ1v) is 8.32. The van der Waals surface area contributed by atoms with Gasteiger partial charge in [-0.15, -0.1) is 0 Å². The van der Waals surface area contributed by atoms with Gasteiger partial charge in [0.1, 0.15) is 0 Å². The van der Waals surface area contributed by atoms with Crippen LogP contribution in [0, 0.1) is 0 Å². The van der Waals surface area contributed by atoms with Crippen molar-refractivity contribution in [2.45, 2.75) is 44.1 Å². The third kappa shape index (κ3) is 3.97. The molecule has 2 saturated carbocycles. The highest BCUT2D eigenvalue weighted by Crippen LogP contribution is 2.41. The number of pyridine rings is 2. The van der Waals surface area contributed by atoms with Crippen LogP contribution >= 0.6 is 0 Å². The maximum absolute atomic E-state index is 11.3. The number of rotatable bonds is 4. The van der Waals surface area contributed by atoms with Gasteiger partial charge in [-0.3, -0.25) is 4.98 Å². The predicted molar refractivity (Wildman–Crippen MR) is 89.7 cm³/mol.